The number of cyclic esters (lactones) is 1. The third-order valence-corrected chi connectivity index (χ3v) is 6.00. The van der Waals surface area contributed by atoms with Gasteiger partial charge in [-0.25, -0.2) is 9.88 Å². The Morgan fingerprint density at radius 2 is 2.16 bits per heavy atom. The van der Waals surface area contributed by atoms with Crippen LogP contribution in [0.3, 0.4) is 0 Å². The van der Waals surface area contributed by atoms with Crippen LogP contribution in [0.1, 0.15) is 38.4 Å². The fraction of sp³-hybridized carbons (Fsp3) is 0.500. The fourth-order valence-corrected chi connectivity index (χ4v) is 4.95. The maximum Gasteiger partial charge on any atom is 0.324 e. The number of hydrogen-bond acceptors (Lipinski definition) is 6. The third-order valence-electron chi connectivity index (χ3n) is 5.16. The van der Waals surface area contributed by atoms with Crippen molar-refractivity contribution in [2.75, 3.05) is 13.3 Å². The highest BCUT2D eigenvalue weighted by Gasteiger charge is 2.42. The van der Waals surface area contributed by atoms with E-state index in [1.807, 2.05) is 35.4 Å². The second-order valence-electron chi connectivity index (χ2n) is 8.01. The number of nitrogens with zero attached hydrogens (tertiary/aromatic N) is 3. The summed E-state index contributed by atoms with van der Waals surface area (Å²) in [5.74, 6) is -0.360. The Kier molecular flexibility index (Phi) is 8.35. The summed E-state index contributed by atoms with van der Waals surface area (Å²) in [5.41, 5.74) is 1.91. The molecule has 0 saturated carbocycles. The van der Waals surface area contributed by atoms with E-state index in [1.54, 1.807) is 19.4 Å². The molecule has 7 nitrogen and oxygen atoms in total. The van der Waals surface area contributed by atoms with Gasteiger partial charge in [0, 0.05) is 33.4 Å². The van der Waals surface area contributed by atoms with Gasteiger partial charge in [-0.15, -0.1) is 0 Å². The van der Waals surface area contributed by atoms with Gasteiger partial charge >= 0.3 is 11.9 Å². The number of hydrogen-bond donors (Lipinski definition) is 0. The standard InChI is InChI=1S/C22H27ClIN3O4/c1-4-30-21(28)20(27-13-31-22(29)19(27)5-14(2)3)9-18-10-25-12-26(18)11-15-6-16(23)8-17(24)7-15/h6-8,10,12,14,19-20H,4-5,9,11,13H2,1-3H3. The zero-order chi connectivity index (χ0) is 22.5. The van der Waals surface area contributed by atoms with Gasteiger partial charge in [0.15, 0.2) is 0 Å². The molecule has 0 bridgehead atoms. The highest BCUT2D eigenvalue weighted by atomic mass is 127. The average Bonchev–Trinajstić information content (AvgIpc) is 3.25. The van der Waals surface area contributed by atoms with E-state index in [4.69, 9.17) is 21.1 Å². The summed E-state index contributed by atoms with van der Waals surface area (Å²) in [4.78, 5) is 31.3. The first-order valence-corrected chi connectivity index (χ1v) is 11.8. The number of aromatic nitrogens is 2. The lowest BCUT2D eigenvalue weighted by Gasteiger charge is -2.29. The van der Waals surface area contributed by atoms with Gasteiger partial charge in [-0.1, -0.05) is 25.4 Å². The first-order valence-electron chi connectivity index (χ1n) is 10.3. The first-order chi connectivity index (χ1) is 14.8. The van der Waals surface area contributed by atoms with E-state index >= 15 is 0 Å². The zero-order valence-electron chi connectivity index (χ0n) is 17.9. The van der Waals surface area contributed by atoms with Crippen molar-refractivity contribution in [2.24, 2.45) is 5.92 Å². The molecule has 1 aromatic carbocycles. The minimum atomic E-state index is -0.634. The molecular weight excluding hydrogens is 533 g/mol. The maximum absolute atomic E-state index is 12.9. The number of ether oxygens (including phenoxy) is 2. The van der Waals surface area contributed by atoms with Crippen LogP contribution >= 0.6 is 34.2 Å². The number of carbonyl (C=O) groups is 2. The fourth-order valence-electron chi connectivity index (χ4n) is 3.78. The molecular formula is C22H27ClIN3O4. The molecule has 1 saturated heterocycles. The molecule has 0 N–H and O–H groups in total. The number of benzene rings is 1. The molecule has 2 heterocycles. The Hall–Kier alpha value is -1.65. The second kappa shape index (κ2) is 10.8. The van der Waals surface area contributed by atoms with Crippen LogP contribution in [-0.4, -0.2) is 51.8 Å². The molecule has 0 aliphatic carbocycles. The maximum atomic E-state index is 12.9. The highest BCUT2D eigenvalue weighted by molar-refractivity contribution is 14.1. The van der Waals surface area contributed by atoms with Crippen LogP contribution in [0.25, 0.3) is 0 Å². The Bertz CT molecular complexity index is 913. The molecule has 3 rings (SSSR count). The molecule has 0 radical (unpaired) electrons. The van der Waals surface area contributed by atoms with Crippen LogP contribution in [0.2, 0.25) is 5.02 Å². The van der Waals surface area contributed by atoms with Crippen LogP contribution < -0.4 is 0 Å². The molecule has 2 aromatic rings. The van der Waals surface area contributed by atoms with Gasteiger partial charge in [-0.05, 0) is 65.6 Å². The second-order valence-corrected chi connectivity index (χ2v) is 9.70. The van der Waals surface area contributed by atoms with Crippen molar-refractivity contribution in [3.63, 3.8) is 0 Å². The van der Waals surface area contributed by atoms with Gasteiger partial charge in [0.2, 0.25) is 0 Å². The van der Waals surface area contributed by atoms with E-state index in [9.17, 15) is 9.59 Å². The molecule has 0 amide bonds. The zero-order valence-corrected chi connectivity index (χ0v) is 20.8. The van der Waals surface area contributed by atoms with Crippen molar-refractivity contribution in [3.8, 4) is 0 Å². The summed E-state index contributed by atoms with van der Waals surface area (Å²) in [6.07, 6.45) is 4.47. The van der Waals surface area contributed by atoms with E-state index in [2.05, 4.69) is 33.6 Å². The SMILES string of the molecule is CCOC(=O)C(Cc1cncn1Cc1cc(Cl)cc(I)c1)N1COC(=O)C1CC(C)C. The van der Waals surface area contributed by atoms with Crippen molar-refractivity contribution >= 4 is 46.1 Å². The lowest BCUT2D eigenvalue weighted by Crippen LogP contribution is -2.48. The summed E-state index contributed by atoms with van der Waals surface area (Å²) in [6, 6.07) is 4.79. The number of halogens is 2. The molecule has 1 aliphatic heterocycles. The lowest BCUT2D eigenvalue weighted by molar-refractivity contribution is -0.150. The van der Waals surface area contributed by atoms with E-state index in [-0.39, 0.29) is 31.2 Å². The summed E-state index contributed by atoms with van der Waals surface area (Å²) >= 11 is 8.44. The summed E-state index contributed by atoms with van der Waals surface area (Å²) < 4.78 is 13.7. The first kappa shape index (κ1) is 24.0. The highest BCUT2D eigenvalue weighted by Crippen LogP contribution is 2.25. The predicted molar refractivity (Wildman–Crippen MR) is 126 cm³/mol. The smallest absolute Gasteiger partial charge is 0.324 e. The normalized spacial score (nSPS) is 17.7. The minimum absolute atomic E-state index is 0.0837. The van der Waals surface area contributed by atoms with Gasteiger partial charge in [-0.3, -0.25) is 9.59 Å². The molecule has 9 heteroatoms. The van der Waals surface area contributed by atoms with Gasteiger partial charge < -0.3 is 14.0 Å². The molecule has 1 fully saturated rings. The monoisotopic (exact) mass is 559 g/mol. The van der Waals surface area contributed by atoms with Crippen molar-refractivity contribution in [1.82, 2.24) is 14.5 Å². The largest absolute Gasteiger partial charge is 0.465 e. The van der Waals surface area contributed by atoms with Crippen molar-refractivity contribution in [2.45, 2.75) is 52.2 Å². The van der Waals surface area contributed by atoms with Gasteiger partial charge in [0.25, 0.3) is 0 Å². The van der Waals surface area contributed by atoms with Gasteiger partial charge in [-0.2, -0.15) is 0 Å². The van der Waals surface area contributed by atoms with Crippen LogP contribution in [0.15, 0.2) is 30.7 Å². The summed E-state index contributed by atoms with van der Waals surface area (Å²) in [6.45, 7) is 6.80. The van der Waals surface area contributed by atoms with E-state index in [0.29, 0.717) is 24.4 Å². The minimum Gasteiger partial charge on any atom is -0.465 e. The topological polar surface area (TPSA) is 73.7 Å². The Labute approximate surface area is 201 Å². The van der Waals surface area contributed by atoms with Gasteiger partial charge in [0.05, 0.1) is 12.9 Å². The van der Waals surface area contributed by atoms with E-state index in [1.165, 1.54) is 0 Å². The average molecular weight is 560 g/mol. The Morgan fingerprint density at radius 3 is 2.84 bits per heavy atom. The van der Waals surface area contributed by atoms with Crippen molar-refractivity contribution in [3.05, 3.63) is 50.6 Å². The Balaban J connectivity index is 1.85. The molecule has 1 aromatic heterocycles. The molecule has 1 aliphatic rings. The molecule has 31 heavy (non-hydrogen) atoms. The molecule has 168 valence electrons. The number of rotatable bonds is 9. The predicted octanol–water partition coefficient (Wildman–Crippen LogP) is 3.89. The van der Waals surface area contributed by atoms with E-state index < -0.39 is 12.1 Å². The third kappa shape index (κ3) is 6.20. The Morgan fingerprint density at radius 1 is 1.39 bits per heavy atom. The molecule has 2 atom stereocenters. The van der Waals surface area contributed by atoms with Crippen molar-refractivity contribution in [1.29, 1.82) is 0 Å². The molecule has 2 unspecified atom stereocenters. The van der Waals surface area contributed by atoms with E-state index in [0.717, 1.165) is 14.8 Å². The lowest BCUT2D eigenvalue weighted by atomic mass is 10.0. The van der Waals surface area contributed by atoms with Crippen LogP contribution in [-0.2, 0) is 32.0 Å². The van der Waals surface area contributed by atoms with Crippen molar-refractivity contribution < 1.29 is 19.1 Å². The van der Waals surface area contributed by atoms with Crippen LogP contribution in [0.5, 0.6) is 0 Å². The quantitative estimate of drug-likeness (QED) is 0.343. The van der Waals surface area contributed by atoms with Gasteiger partial charge in [0.1, 0.15) is 18.8 Å². The number of imidazole rings is 1. The number of esters is 2. The summed E-state index contributed by atoms with van der Waals surface area (Å²) in [7, 11) is 0. The summed E-state index contributed by atoms with van der Waals surface area (Å²) in [5, 5.41) is 0.678. The van der Waals surface area contributed by atoms with Crippen LogP contribution in [0, 0.1) is 9.49 Å². The van der Waals surface area contributed by atoms with Crippen LogP contribution in [0.4, 0.5) is 0 Å². The number of carbonyl (C=O) groups excluding carboxylic acids is 2. The molecule has 0 spiro atoms.